The highest BCUT2D eigenvalue weighted by molar-refractivity contribution is 5.93. The maximum absolute atomic E-state index is 13.9. The predicted octanol–water partition coefficient (Wildman–Crippen LogP) is -6.30. The Labute approximate surface area is 570 Å². The molecule has 0 aromatic carbocycles. The average Bonchev–Trinajstić information content (AvgIpc) is 0.823. The number of hydrogen-bond acceptors (Lipinski definition) is 26. The zero-order valence-electron chi connectivity index (χ0n) is 56.5. The van der Waals surface area contributed by atoms with E-state index in [0.29, 0.717) is 103 Å². The number of carbonyl (C=O) groups is 9. The van der Waals surface area contributed by atoms with Gasteiger partial charge in [0.05, 0.1) is 26.4 Å². The summed E-state index contributed by atoms with van der Waals surface area (Å²) in [7, 11) is 0. The lowest BCUT2D eigenvalue weighted by Crippen LogP contribution is -2.64. The molecule has 3 saturated heterocycles. The first-order valence-electron chi connectivity index (χ1n) is 34.4. The first-order chi connectivity index (χ1) is 46.9. The molecule has 18 unspecified atom stereocenters. The molecule has 0 spiro atoms. The van der Waals surface area contributed by atoms with Crippen molar-refractivity contribution in [1.82, 2.24) is 47.9 Å². The van der Waals surface area contributed by atoms with Gasteiger partial charge >= 0.3 is 0 Å². The topological polar surface area (TPSA) is 540 Å². The van der Waals surface area contributed by atoms with Crippen molar-refractivity contribution >= 4 is 53.2 Å². The molecule has 35 nitrogen and oxygen atoms in total. The Kier molecular flexibility index (Phi) is 40.0. The molecule has 9 amide bonds. The number of amides is 9. The minimum atomic E-state index is -1.48. The lowest BCUT2D eigenvalue weighted by atomic mass is 9.82. The Morgan fingerprint density at radius 3 is 1.11 bits per heavy atom. The minimum Gasteiger partial charge on any atom is -0.396 e. The molecule has 4 aliphatic rings. The zero-order chi connectivity index (χ0) is 72.3. The van der Waals surface area contributed by atoms with Gasteiger partial charge in [-0.1, -0.05) is 38.5 Å². The molecule has 3 heterocycles. The molecular weight excluding hydrogens is 1300 g/mol. The lowest BCUT2D eigenvalue weighted by Gasteiger charge is -2.42. The lowest BCUT2D eigenvalue weighted by molar-refractivity contribution is -0.270. The number of aliphatic hydroxyl groups is 11. The number of aliphatic hydroxyl groups excluding tert-OH is 11. The predicted molar refractivity (Wildman–Crippen MR) is 342 cm³/mol. The van der Waals surface area contributed by atoms with E-state index in [2.05, 4.69) is 47.9 Å². The third kappa shape index (κ3) is 29.3. The number of rotatable bonds is 45. The molecule has 20 N–H and O–H groups in total. The standard InChI is InChI=1S/C63H111N9O26/c1-35(78)67-48-54(86)51(83)43(32-75)96-61(48)93-27-13-7-4-10-24-64-46(81)22-20-40(58(90)65-25-11-5-8-14-28-94-62-49(68-36(2)79)55(87)52(84)44(33-76)97-62)70-47(82)23-21-41(71-60(92)42(31-74)72-57(89)39-18-16-38(30-73)17-19-39)59(91)66-26-12-6-9-15-29-95-63-50(69-37(3)80)56(88)53(85)45(34-77)98-63/h38-45,48-56,61-63,73-77,83-88H,4-34H2,1-3H3,(H,64,81)(H,65,90)(H,66,91)(H,67,78)(H,68,79)(H,69,80)(H,70,82)(H,71,92)(H,72,89). The van der Waals surface area contributed by atoms with E-state index in [1.165, 1.54) is 20.8 Å². The first kappa shape index (κ1) is 85.0. The van der Waals surface area contributed by atoms with E-state index in [-0.39, 0.29) is 71.2 Å². The van der Waals surface area contributed by atoms with Gasteiger partial charge in [-0.2, -0.15) is 0 Å². The van der Waals surface area contributed by atoms with Gasteiger partial charge in [-0.15, -0.1) is 0 Å². The highest BCUT2D eigenvalue weighted by atomic mass is 16.7. The van der Waals surface area contributed by atoms with Crippen LogP contribution in [0.3, 0.4) is 0 Å². The Balaban J connectivity index is 1.35. The van der Waals surface area contributed by atoms with Crippen molar-refractivity contribution in [3.63, 3.8) is 0 Å². The van der Waals surface area contributed by atoms with Gasteiger partial charge in [0.1, 0.15) is 91.2 Å². The van der Waals surface area contributed by atoms with Crippen molar-refractivity contribution in [1.29, 1.82) is 0 Å². The van der Waals surface area contributed by atoms with E-state index in [4.69, 9.17) is 28.4 Å². The van der Waals surface area contributed by atoms with Gasteiger partial charge in [0, 0.05) is 85.6 Å². The summed E-state index contributed by atoms with van der Waals surface area (Å²) < 4.78 is 34.1. The molecule has 564 valence electrons. The van der Waals surface area contributed by atoms with Crippen LogP contribution in [0.5, 0.6) is 0 Å². The third-order valence-electron chi connectivity index (χ3n) is 17.6. The number of carbonyl (C=O) groups excluding carboxylic acids is 9. The molecule has 18 atom stereocenters. The van der Waals surface area contributed by atoms with E-state index in [0.717, 1.165) is 0 Å². The number of hydrogen-bond donors (Lipinski definition) is 20. The van der Waals surface area contributed by atoms with Crippen LogP contribution in [-0.4, -0.2) is 292 Å². The second-order valence-electron chi connectivity index (χ2n) is 25.5. The Morgan fingerprint density at radius 2 is 0.755 bits per heavy atom. The smallest absolute Gasteiger partial charge is 0.245 e. The normalized spacial score (nSPS) is 28.8. The molecular formula is C63H111N9O26. The van der Waals surface area contributed by atoms with Crippen LogP contribution >= 0.6 is 0 Å². The molecule has 0 bridgehead atoms. The molecule has 4 rings (SSSR count). The number of ether oxygens (including phenoxy) is 6. The van der Waals surface area contributed by atoms with Crippen LogP contribution in [0.2, 0.25) is 0 Å². The van der Waals surface area contributed by atoms with Gasteiger partial charge in [0.25, 0.3) is 0 Å². The Bertz CT molecular complexity index is 2420. The van der Waals surface area contributed by atoms with Gasteiger partial charge in [0.2, 0.25) is 53.2 Å². The maximum Gasteiger partial charge on any atom is 0.245 e. The van der Waals surface area contributed by atoms with E-state index < -0.39 is 202 Å². The van der Waals surface area contributed by atoms with Crippen LogP contribution in [0.15, 0.2) is 0 Å². The Morgan fingerprint density at radius 1 is 0.398 bits per heavy atom. The minimum absolute atomic E-state index is 0.0227. The summed E-state index contributed by atoms with van der Waals surface area (Å²) in [6.07, 6.45) is -8.39. The third-order valence-corrected chi connectivity index (χ3v) is 17.6. The SMILES string of the molecule is CC(=O)NC1C(OCCCCCCNC(=O)CCC(NC(=O)CCC(NC(=O)C(CO)NC(=O)C2CCC(CO)CC2)C(=O)NCCCCCCOC2OC(CO)C(O)C(O)C2NC(C)=O)C(=O)NCCCCCCOC2OC(CO)C(O)C(O)C2NC(C)=O)OC(CO)C(O)C1O. The number of nitrogens with one attached hydrogen (secondary N) is 9. The van der Waals surface area contributed by atoms with Gasteiger partial charge in [0.15, 0.2) is 18.9 Å². The molecule has 1 saturated carbocycles. The molecule has 0 aromatic rings. The van der Waals surface area contributed by atoms with Crippen molar-refractivity contribution in [2.75, 3.05) is 72.5 Å². The van der Waals surface area contributed by atoms with Gasteiger partial charge in [-0.3, -0.25) is 43.2 Å². The molecule has 0 aromatic heterocycles. The molecule has 98 heavy (non-hydrogen) atoms. The summed E-state index contributed by atoms with van der Waals surface area (Å²) in [4.78, 5) is 117. The molecule has 1 aliphatic carbocycles. The first-order valence-corrected chi connectivity index (χ1v) is 34.4. The summed E-state index contributed by atoms with van der Waals surface area (Å²) in [5.74, 6) is -5.85. The molecule has 4 fully saturated rings. The molecule has 3 aliphatic heterocycles. The fourth-order valence-electron chi connectivity index (χ4n) is 11.9. The quantitative estimate of drug-likeness (QED) is 0.0252. The van der Waals surface area contributed by atoms with E-state index in [1.807, 2.05) is 0 Å². The van der Waals surface area contributed by atoms with E-state index >= 15 is 0 Å². The summed E-state index contributed by atoms with van der Waals surface area (Å²) in [5, 5.41) is 135. The van der Waals surface area contributed by atoms with Crippen molar-refractivity contribution in [2.45, 2.75) is 259 Å². The molecule has 35 heteroatoms. The fourth-order valence-corrected chi connectivity index (χ4v) is 11.9. The summed E-state index contributed by atoms with van der Waals surface area (Å²) in [5.41, 5.74) is 0. The second kappa shape index (κ2) is 46.1. The van der Waals surface area contributed by atoms with Crippen molar-refractivity contribution < 1.29 is 128 Å². The van der Waals surface area contributed by atoms with Crippen LogP contribution in [0.4, 0.5) is 0 Å². The second-order valence-corrected chi connectivity index (χ2v) is 25.5. The summed E-state index contributed by atoms with van der Waals surface area (Å²) in [6.45, 7) is 1.85. The van der Waals surface area contributed by atoms with Crippen molar-refractivity contribution in [3.8, 4) is 0 Å². The maximum atomic E-state index is 13.9. The van der Waals surface area contributed by atoms with E-state index in [1.54, 1.807) is 0 Å². The van der Waals surface area contributed by atoms with Crippen LogP contribution in [0, 0.1) is 11.8 Å². The van der Waals surface area contributed by atoms with Crippen LogP contribution in [0.1, 0.15) is 149 Å². The monoisotopic (exact) mass is 1410 g/mol. The van der Waals surface area contributed by atoms with Crippen LogP contribution in [0.25, 0.3) is 0 Å². The molecule has 0 radical (unpaired) electrons. The van der Waals surface area contributed by atoms with Gasteiger partial charge in [-0.25, -0.2) is 0 Å². The van der Waals surface area contributed by atoms with Crippen LogP contribution in [-0.2, 0) is 71.6 Å². The number of unbranched alkanes of at least 4 members (excludes halogenated alkanes) is 9. The average molecular weight is 1410 g/mol. The van der Waals surface area contributed by atoms with Crippen LogP contribution < -0.4 is 47.9 Å². The summed E-state index contributed by atoms with van der Waals surface area (Å²) >= 11 is 0. The van der Waals surface area contributed by atoms with Crippen molar-refractivity contribution in [3.05, 3.63) is 0 Å². The van der Waals surface area contributed by atoms with Crippen molar-refractivity contribution in [2.24, 2.45) is 11.8 Å². The summed E-state index contributed by atoms with van der Waals surface area (Å²) in [6, 6.07) is -7.46. The highest BCUT2D eigenvalue weighted by Gasteiger charge is 2.48. The zero-order valence-corrected chi connectivity index (χ0v) is 56.5. The van der Waals surface area contributed by atoms with Gasteiger partial charge < -0.3 is 132 Å². The highest BCUT2D eigenvalue weighted by Crippen LogP contribution is 2.29. The van der Waals surface area contributed by atoms with E-state index in [9.17, 15) is 99.3 Å². The Hall–Kier alpha value is -5.45. The fraction of sp³-hybridized carbons (Fsp3) is 0.857. The van der Waals surface area contributed by atoms with Gasteiger partial charge in [-0.05, 0) is 83.0 Å². The largest absolute Gasteiger partial charge is 0.396 e.